The molecule has 2 unspecified atom stereocenters. The van der Waals surface area contributed by atoms with Gasteiger partial charge in [0.15, 0.2) is 0 Å². The summed E-state index contributed by atoms with van der Waals surface area (Å²) in [7, 11) is -1.91. The van der Waals surface area contributed by atoms with Crippen molar-refractivity contribution in [3.8, 4) is 0 Å². The third kappa shape index (κ3) is 5.25. The van der Waals surface area contributed by atoms with Crippen LogP contribution >= 0.6 is 15.8 Å². The van der Waals surface area contributed by atoms with Crippen molar-refractivity contribution in [3.05, 3.63) is 182 Å². The van der Waals surface area contributed by atoms with Gasteiger partial charge in [-0.1, -0.05) is 146 Å². The van der Waals surface area contributed by atoms with E-state index in [-0.39, 0.29) is 0 Å². The SMILES string of the molecule is c1ccc(P2c3ccccc3Nc3cc4ccccc4cc3P(c3ccccc3)c3ccccc3Nc3cc4ccccc4cc32)cc1. The summed E-state index contributed by atoms with van der Waals surface area (Å²) in [6.07, 6.45) is 0. The maximum Gasteiger partial charge on any atom is 0.0475 e. The van der Waals surface area contributed by atoms with E-state index in [2.05, 4.69) is 193 Å². The van der Waals surface area contributed by atoms with Crippen LogP contribution in [0.5, 0.6) is 0 Å². The highest BCUT2D eigenvalue weighted by Gasteiger charge is 2.28. The van der Waals surface area contributed by atoms with Gasteiger partial charge in [0.25, 0.3) is 0 Å². The van der Waals surface area contributed by atoms with Crippen molar-refractivity contribution in [3.63, 3.8) is 0 Å². The van der Waals surface area contributed by atoms with Gasteiger partial charge in [-0.15, -0.1) is 0 Å². The average Bonchev–Trinajstić information content (AvgIpc) is 3.14. The topological polar surface area (TPSA) is 24.1 Å². The first-order chi connectivity index (χ1) is 23.8. The molecule has 8 aromatic rings. The summed E-state index contributed by atoms with van der Waals surface area (Å²) in [4.78, 5) is 0. The molecular weight excluding hydrogens is 618 g/mol. The van der Waals surface area contributed by atoms with E-state index in [9.17, 15) is 0 Å². The zero-order valence-corrected chi connectivity index (χ0v) is 28.0. The Morgan fingerprint density at radius 2 is 0.604 bits per heavy atom. The lowest BCUT2D eigenvalue weighted by atomic mass is 10.1. The van der Waals surface area contributed by atoms with Crippen LogP contribution < -0.4 is 42.5 Å². The molecule has 0 amide bonds. The highest BCUT2D eigenvalue weighted by Crippen LogP contribution is 2.45. The molecule has 48 heavy (non-hydrogen) atoms. The van der Waals surface area contributed by atoms with Crippen LogP contribution in [0.25, 0.3) is 21.5 Å². The zero-order chi connectivity index (χ0) is 31.9. The molecule has 0 aromatic heterocycles. The maximum absolute atomic E-state index is 4.06. The molecule has 2 nitrogen and oxygen atoms in total. The first-order valence-corrected chi connectivity index (χ1v) is 19.0. The second-order valence-corrected chi connectivity index (χ2v) is 16.4. The van der Waals surface area contributed by atoms with Crippen LogP contribution in [-0.2, 0) is 0 Å². The molecule has 9 rings (SSSR count). The van der Waals surface area contributed by atoms with Crippen molar-refractivity contribution >= 4 is 92.0 Å². The Morgan fingerprint density at radius 3 is 1.02 bits per heavy atom. The minimum absolute atomic E-state index is 0.953. The van der Waals surface area contributed by atoms with Crippen LogP contribution in [0.3, 0.4) is 0 Å². The number of nitrogens with one attached hydrogen (secondary N) is 2. The number of benzene rings is 8. The molecule has 0 radical (unpaired) electrons. The quantitative estimate of drug-likeness (QED) is 0.182. The summed E-state index contributed by atoms with van der Waals surface area (Å²) in [5.41, 5.74) is 4.57. The van der Waals surface area contributed by atoms with E-state index in [0.717, 1.165) is 22.7 Å². The lowest BCUT2D eigenvalue weighted by Crippen LogP contribution is -2.28. The third-order valence-corrected chi connectivity index (χ3v) is 14.1. The summed E-state index contributed by atoms with van der Waals surface area (Å²) < 4.78 is 0. The predicted octanol–water partition coefficient (Wildman–Crippen LogP) is 9.31. The van der Waals surface area contributed by atoms with Gasteiger partial charge in [0.05, 0.1) is 0 Å². The van der Waals surface area contributed by atoms with Gasteiger partial charge >= 0.3 is 0 Å². The molecule has 2 atom stereocenters. The fourth-order valence-electron chi connectivity index (χ4n) is 6.84. The van der Waals surface area contributed by atoms with E-state index in [1.54, 1.807) is 0 Å². The predicted molar refractivity (Wildman–Crippen MR) is 212 cm³/mol. The van der Waals surface area contributed by atoms with Crippen LogP contribution in [0.1, 0.15) is 0 Å². The third-order valence-electron chi connectivity index (χ3n) is 9.07. The van der Waals surface area contributed by atoms with Gasteiger partial charge in [-0.25, -0.2) is 0 Å². The van der Waals surface area contributed by atoms with Crippen molar-refractivity contribution in [2.45, 2.75) is 0 Å². The van der Waals surface area contributed by atoms with E-state index in [0.29, 0.717) is 0 Å². The molecule has 0 saturated carbocycles. The molecule has 0 saturated heterocycles. The van der Waals surface area contributed by atoms with Gasteiger partial charge in [-0.3, -0.25) is 0 Å². The molecule has 0 spiro atoms. The Hall–Kier alpha value is -5.26. The molecule has 4 heteroatoms. The smallest absolute Gasteiger partial charge is 0.0475 e. The number of para-hydroxylation sites is 2. The molecule has 0 fully saturated rings. The van der Waals surface area contributed by atoms with Crippen LogP contribution in [0.15, 0.2) is 182 Å². The van der Waals surface area contributed by atoms with Gasteiger partial charge in [0.1, 0.15) is 0 Å². The number of hydrogen-bond acceptors (Lipinski definition) is 2. The number of hydrogen-bond donors (Lipinski definition) is 2. The first kappa shape index (κ1) is 28.9. The largest absolute Gasteiger partial charge is 0.354 e. The van der Waals surface area contributed by atoms with Crippen LogP contribution in [0.2, 0.25) is 0 Å². The normalized spacial score (nSPS) is 15.4. The average molecular weight is 651 g/mol. The standard InChI is InChI=1S/C44H32N2P2/c1-3-19-35(20-4-1)47-41-25-13-11-23-37(41)45-40-28-32-16-8-10-18-34(32)30-44(40)48(36-21-5-2-6-22-36)42-26-14-12-24-38(42)46-39-27-31-15-7-9-17-33(31)29-43(39)47/h1-30,45-46H. The molecular formula is C44H32N2P2. The van der Waals surface area contributed by atoms with Crippen molar-refractivity contribution in [1.29, 1.82) is 0 Å². The van der Waals surface area contributed by atoms with Crippen molar-refractivity contribution in [2.75, 3.05) is 10.6 Å². The Bertz CT molecular complexity index is 2250. The molecule has 8 aromatic carbocycles. The van der Waals surface area contributed by atoms with Gasteiger partial charge < -0.3 is 10.6 Å². The fourth-order valence-corrected chi connectivity index (χ4v) is 11.9. The lowest BCUT2D eigenvalue weighted by Gasteiger charge is -2.30. The molecule has 1 heterocycles. The van der Waals surface area contributed by atoms with E-state index in [1.165, 1.54) is 53.4 Å². The molecule has 228 valence electrons. The molecule has 0 bridgehead atoms. The van der Waals surface area contributed by atoms with E-state index in [1.807, 2.05) is 0 Å². The Morgan fingerprint density at radius 1 is 0.271 bits per heavy atom. The zero-order valence-electron chi connectivity index (χ0n) is 26.2. The van der Waals surface area contributed by atoms with E-state index in [4.69, 9.17) is 0 Å². The Labute approximate surface area is 283 Å². The summed E-state index contributed by atoms with van der Waals surface area (Å²) >= 11 is 0. The first-order valence-electron chi connectivity index (χ1n) is 16.3. The van der Waals surface area contributed by atoms with Crippen molar-refractivity contribution in [1.82, 2.24) is 0 Å². The molecule has 1 aliphatic rings. The minimum Gasteiger partial charge on any atom is -0.354 e. The van der Waals surface area contributed by atoms with E-state index < -0.39 is 15.8 Å². The van der Waals surface area contributed by atoms with E-state index >= 15 is 0 Å². The number of rotatable bonds is 2. The highest BCUT2D eigenvalue weighted by molar-refractivity contribution is 7.81. The summed E-state index contributed by atoms with van der Waals surface area (Å²) in [6, 6.07) is 66.9. The monoisotopic (exact) mass is 650 g/mol. The molecule has 1 aliphatic heterocycles. The number of fused-ring (bicyclic) bond motifs is 6. The fraction of sp³-hybridized carbons (Fsp3) is 0. The van der Waals surface area contributed by atoms with Gasteiger partial charge in [-0.05, 0) is 84.4 Å². The highest BCUT2D eigenvalue weighted by atomic mass is 31.1. The van der Waals surface area contributed by atoms with Gasteiger partial charge in [0.2, 0.25) is 0 Å². The summed E-state index contributed by atoms with van der Waals surface area (Å²) in [5, 5.41) is 20.9. The van der Waals surface area contributed by atoms with Crippen LogP contribution in [-0.4, -0.2) is 0 Å². The van der Waals surface area contributed by atoms with Gasteiger partial charge in [0, 0.05) is 44.0 Å². The molecule has 2 N–H and O–H groups in total. The molecule has 0 aliphatic carbocycles. The van der Waals surface area contributed by atoms with Crippen LogP contribution in [0, 0.1) is 0 Å². The maximum atomic E-state index is 4.06. The number of anilines is 4. The van der Waals surface area contributed by atoms with Crippen molar-refractivity contribution in [2.24, 2.45) is 0 Å². The Kier molecular flexibility index (Phi) is 7.47. The second kappa shape index (κ2) is 12.4. The Balaban J connectivity index is 1.40. The lowest BCUT2D eigenvalue weighted by molar-refractivity contribution is 1.60. The summed E-state index contributed by atoms with van der Waals surface area (Å²) in [5.74, 6) is 0. The van der Waals surface area contributed by atoms with Crippen LogP contribution in [0.4, 0.5) is 22.7 Å². The van der Waals surface area contributed by atoms with Crippen molar-refractivity contribution < 1.29 is 0 Å². The minimum atomic E-state index is -0.953. The second-order valence-electron chi connectivity index (χ2n) is 12.1. The summed E-state index contributed by atoms with van der Waals surface area (Å²) in [6.45, 7) is 0. The van der Waals surface area contributed by atoms with Gasteiger partial charge in [-0.2, -0.15) is 0 Å².